The second kappa shape index (κ2) is 25.4. The van der Waals surface area contributed by atoms with Gasteiger partial charge in [0.2, 0.25) is 0 Å². The summed E-state index contributed by atoms with van der Waals surface area (Å²) in [5.74, 6) is 0. The van der Waals surface area contributed by atoms with Crippen molar-refractivity contribution in [3.05, 3.63) is 0 Å². The maximum Gasteiger partial charge on any atom is 1.00 e. The van der Waals surface area contributed by atoms with Crippen LogP contribution in [0.15, 0.2) is 0 Å². The molecule has 0 heterocycles. The van der Waals surface area contributed by atoms with Gasteiger partial charge >= 0.3 is 57.5 Å². The van der Waals surface area contributed by atoms with Gasteiger partial charge in [-0.1, -0.05) is 6.42 Å². The van der Waals surface area contributed by atoms with Gasteiger partial charge in [-0.15, -0.1) is 0 Å². The molecule has 0 fully saturated rings. The number of carbonyl (C=O) groups excluding carboxylic acids is 2. The molecule has 0 rings (SSSR count). The molecule has 9 nitrogen and oxygen atoms in total. The van der Waals surface area contributed by atoms with Crippen molar-refractivity contribution in [3.8, 4) is 0 Å². The number of rotatable bonds is 20. The molecule has 0 bridgehead atoms. The molecule has 0 saturated carbocycles. The Kier molecular flexibility index (Phi) is 27.7. The fourth-order valence-electron chi connectivity index (χ4n) is 1.89. The Morgan fingerprint density at radius 3 is 2.25 bits per heavy atom. The first-order valence-electron chi connectivity index (χ1n) is 9.25. The van der Waals surface area contributed by atoms with E-state index in [1.165, 1.54) is 0 Å². The predicted molar refractivity (Wildman–Crippen MR) is 98.6 cm³/mol. The first kappa shape index (κ1) is 30.6. The Morgan fingerprint density at radius 2 is 1.57 bits per heavy atom. The van der Waals surface area contributed by atoms with Crippen LogP contribution in [0.3, 0.4) is 0 Å². The Bertz CT molecular complexity index is 350. The van der Waals surface area contributed by atoms with Gasteiger partial charge in [0.1, 0.15) is 6.10 Å². The van der Waals surface area contributed by atoms with Crippen molar-refractivity contribution in [3.63, 3.8) is 0 Å². The Morgan fingerprint density at radius 1 is 0.893 bits per heavy atom. The summed E-state index contributed by atoms with van der Waals surface area (Å²) in [6, 6.07) is 0. The molecule has 10 heteroatoms. The van der Waals surface area contributed by atoms with E-state index in [0.29, 0.717) is 85.1 Å². The van der Waals surface area contributed by atoms with Gasteiger partial charge < -0.3 is 38.5 Å². The van der Waals surface area contributed by atoms with Crippen molar-refractivity contribution in [2.45, 2.75) is 31.8 Å². The maximum atomic E-state index is 11.4. The molecule has 160 valence electrons. The summed E-state index contributed by atoms with van der Waals surface area (Å²) in [4.78, 5) is 21.5. The number of hydrogen-bond donors (Lipinski definition) is 1. The molecule has 0 saturated heterocycles. The van der Waals surface area contributed by atoms with Crippen LogP contribution in [0.25, 0.3) is 0 Å². The quantitative estimate of drug-likeness (QED) is 0.136. The summed E-state index contributed by atoms with van der Waals surface area (Å²) < 4.78 is 31.6. The molecular weight excluding hydrogens is 397 g/mol. The fraction of sp³-hybridized carbons (Fsp3) is 0.889. The number of nitrogens with one attached hydrogen (secondary N) is 1. The van der Waals surface area contributed by atoms with Crippen LogP contribution in [0.4, 0.5) is 4.79 Å². The summed E-state index contributed by atoms with van der Waals surface area (Å²) in [5.41, 5.74) is 0. The topological polar surface area (TPSA) is 102 Å². The van der Waals surface area contributed by atoms with Crippen LogP contribution in [-0.4, -0.2) is 92.1 Å². The summed E-state index contributed by atoms with van der Waals surface area (Å²) in [6.07, 6.45) is 3.51. The Labute approximate surface area is 210 Å². The van der Waals surface area contributed by atoms with E-state index < -0.39 is 6.09 Å². The first-order valence-corrected chi connectivity index (χ1v) is 9.25. The average molecular weight is 432 g/mol. The fourth-order valence-corrected chi connectivity index (χ4v) is 1.89. The number of carbonyl (C=O) groups is 1. The molecule has 1 N–H and O–H groups in total. The SMILES string of the molecule is COCCOCC(COCCCNC(=O)OCCCC[C-]=O)OCCOC.[K+]. The third-order valence-electron chi connectivity index (χ3n) is 3.32. The van der Waals surface area contributed by atoms with E-state index in [2.05, 4.69) is 5.32 Å². The molecule has 1 amide bonds. The van der Waals surface area contributed by atoms with Crippen molar-refractivity contribution in [1.82, 2.24) is 5.32 Å². The molecular formula is C18H34KNO8. The van der Waals surface area contributed by atoms with Crippen molar-refractivity contribution in [1.29, 1.82) is 0 Å². The molecule has 0 spiro atoms. The van der Waals surface area contributed by atoms with Gasteiger partial charge in [-0.05, 0) is 12.8 Å². The minimum atomic E-state index is -0.461. The minimum absolute atomic E-state index is 0. The molecule has 0 aliphatic carbocycles. The monoisotopic (exact) mass is 431 g/mol. The van der Waals surface area contributed by atoms with Gasteiger partial charge in [0.15, 0.2) is 0 Å². The first-order chi connectivity index (χ1) is 13.2. The molecule has 1 unspecified atom stereocenters. The standard InChI is InChI=1S/C18H34NO8.K/c1-22-11-13-25-16-17(26-14-12-23-2)15-24-9-6-7-19-18(21)27-10-5-3-4-8-20;/h17H,3-7,9-16H2,1-2H3,(H,19,21);/q-1;+1. The Balaban J connectivity index is 0. The van der Waals surface area contributed by atoms with Crippen LogP contribution in [0.5, 0.6) is 0 Å². The van der Waals surface area contributed by atoms with E-state index >= 15 is 0 Å². The predicted octanol–water partition coefficient (Wildman–Crippen LogP) is -1.90. The molecule has 1 atom stereocenters. The van der Waals surface area contributed by atoms with E-state index in [-0.39, 0.29) is 57.5 Å². The zero-order valence-electron chi connectivity index (χ0n) is 17.5. The van der Waals surface area contributed by atoms with Crippen molar-refractivity contribution in [2.75, 3.05) is 73.6 Å². The zero-order valence-corrected chi connectivity index (χ0v) is 20.7. The van der Waals surface area contributed by atoms with E-state index in [1.54, 1.807) is 20.5 Å². The molecule has 0 aromatic heterocycles. The number of amides is 1. The van der Waals surface area contributed by atoms with Crippen LogP contribution < -0.4 is 56.7 Å². The summed E-state index contributed by atoms with van der Waals surface area (Å²) in [5, 5.41) is 2.65. The van der Waals surface area contributed by atoms with E-state index in [9.17, 15) is 9.59 Å². The normalized spacial score (nSPS) is 11.5. The largest absolute Gasteiger partial charge is 1.00 e. The van der Waals surface area contributed by atoms with Gasteiger partial charge in [0.25, 0.3) is 0 Å². The zero-order chi connectivity index (χ0) is 20.0. The summed E-state index contributed by atoms with van der Waals surface area (Å²) >= 11 is 0. The van der Waals surface area contributed by atoms with Gasteiger partial charge in [-0.3, -0.25) is 6.29 Å². The number of methoxy groups -OCH3 is 2. The number of hydrogen-bond acceptors (Lipinski definition) is 8. The summed E-state index contributed by atoms with van der Waals surface area (Å²) in [6.45, 7) is 4.06. The van der Waals surface area contributed by atoms with E-state index in [1.807, 2.05) is 0 Å². The van der Waals surface area contributed by atoms with Crippen LogP contribution in [0.2, 0.25) is 0 Å². The van der Waals surface area contributed by atoms with Gasteiger partial charge in [-0.2, -0.15) is 6.42 Å². The van der Waals surface area contributed by atoms with Crippen LogP contribution in [0, 0.1) is 0 Å². The summed E-state index contributed by atoms with van der Waals surface area (Å²) in [7, 11) is 3.24. The van der Waals surface area contributed by atoms with Crippen molar-refractivity contribution < 1.29 is 89.4 Å². The van der Waals surface area contributed by atoms with Gasteiger partial charge in [0.05, 0.1) is 46.2 Å². The van der Waals surface area contributed by atoms with Crippen LogP contribution >= 0.6 is 0 Å². The molecule has 28 heavy (non-hydrogen) atoms. The number of unbranched alkanes of at least 4 members (excludes halogenated alkanes) is 2. The van der Waals surface area contributed by atoms with E-state index in [0.717, 1.165) is 0 Å². The smallest absolute Gasteiger partial charge is 0.542 e. The van der Waals surface area contributed by atoms with Crippen molar-refractivity contribution in [2.24, 2.45) is 0 Å². The molecule has 0 aliphatic rings. The van der Waals surface area contributed by atoms with Crippen LogP contribution in [0.1, 0.15) is 25.7 Å². The van der Waals surface area contributed by atoms with Crippen molar-refractivity contribution >= 4 is 12.4 Å². The minimum Gasteiger partial charge on any atom is -0.542 e. The number of ether oxygens (including phenoxy) is 6. The molecule has 0 aromatic carbocycles. The van der Waals surface area contributed by atoms with Crippen LogP contribution in [-0.2, 0) is 33.2 Å². The maximum absolute atomic E-state index is 11.4. The third-order valence-corrected chi connectivity index (χ3v) is 3.32. The molecule has 0 radical (unpaired) electrons. The second-order valence-corrected chi connectivity index (χ2v) is 5.65. The van der Waals surface area contributed by atoms with E-state index in [4.69, 9.17) is 28.4 Å². The Hall–Kier alpha value is 0.376. The van der Waals surface area contributed by atoms with Gasteiger partial charge in [-0.25, -0.2) is 4.79 Å². The third kappa shape index (κ3) is 22.7. The number of alkyl carbamates (subject to hydrolysis) is 1. The average Bonchev–Trinajstić information content (AvgIpc) is 2.67. The molecule has 0 aliphatic heterocycles. The van der Waals surface area contributed by atoms with Gasteiger partial charge in [0, 0.05) is 27.4 Å². The molecule has 0 aromatic rings. The second-order valence-electron chi connectivity index (χ2n) is 5.65.